The molecule has 2 heterocycles. The Morgan fingerprint density at radius 1 is 1.03 bits per heavy atom. The largest absolute Gasteiger partial charge is 0.356 e. The SMILES string of the molecule is Cc1ccccc1C(=O)Nc1ccc(C(=O)N2CCc3cnoc3-c3ccccc32)c(Cl)c1. The fourth-order valence-electron chi connectivity index (χ4n) is 4.06. The van der Waals surface area contributed by atoms with Crippen molar-refractivity contribution < 1.29 is 14.1 Å². The Balaban J connectivity index is 1.42. The molecule has 5 rings (SSSR count). The zero-order chi connectivity index (χ0) is 22.9. The highest BCUT2D eigenvalue weighted by Crippen LogP contribution is 2.37. The number of nitrogens with one attached hydrogen (secondary N) is 1. The first-order valence-electron chi connectivity index (χ1n) is 10.5. The molecule has 0 saturated heterocycles. The highest BCUT2D eigenvalue weighted by atomic mass is 35.5. The smallest absolute Gasteiger partial charge is 0.259 e. The topological polar surface area (TPSA) is 75.4 Å². The quantitative estimate of drug-likeness (QED) is 0.424. The first-order valence-corrected chi connectivity index (χ1v) is 10.9. The number of fused-ring (bicyclic) bond motifs is 3. The van der Waals surface area contributed by atoms with Gasteiger partial charge in [0.25, 0.3) is 11.8 Å². The summed E-state index contributed by atoms with van der Waals surface area (Å²) >= 11 is 6.51. The Hall–Kier alpha value is -3.90. The number of anilines is 2. The van der Waals surface area contributed by atoms with Gasteiger partial charge in [0.2, 0.25) is 0 Å². The average molecular weight is 458 g/mol. The molecule has 0 saturated carbocycles. The van der Waals surface area contributed by atoms with Crippen molar-refractivity contribution in [2.45, 2.75) is 13.3 Å². The van der Waals surface area contributed by atoms with Gasteiger partial charge in [-0.2, -0.15) is 0 Å². The maximum absolute atomic E-state index is 13.5. The van der Waals surface area contributed by atoms with E-state index in [2.05, 4.69) is 10.5 Å². The number of hydrogen-bond donors (Lipinski definition) is 1. The number of para-hydroxylation sites is 1. The molecule has 33 heavy (non-hydrogen) atoms. The lowest BCUT2D eigenvalue weighted by molar-refractivity contribution is 0.0986. The van der Waals surface area contributed by atoms with E-state index < -0.39 is 0 Å². The van der Waals surface area contributed by atoms with E-state index in [4.69, 9.17) is 16.1 Å². The molecule has 1 N–H and O–H groups in total. The first kappa shape index (κ1) is 21.0. The van der Waals surface area contributed by atoms with Crippen LogP contribution in [0, 0.1) is 6.92 Å². The van der Waals surface area contributed by atoms with Crippen molar-refractivity contribution in [3.8, 4) is 11.3 Å². The second kappa shape index (κ2) is 8.56. The Labute approximate surface area is 195 Å². The van der Waals surface area contributed by atoms with E-state index in [0.717, 1.165) is 22.4 Å². The maximum atomic E-state index is 13.5. The van der Waals surface area contributed by atoms with Crippen LogP contribution in [0.4, 0.5) is 11.4 Å². The number of aromatic nitrogens is 1. The zero-order valence-corrected chi connectivity index (χ0v) is 18.6. The first-order chi connectivity index (χ1) is 16.0. The molecule has 0 unspecified atom stereocenters. The zero-order valence-electron chi connectivity index (χ0n) is 17.8. The van der Waals surface area contributed by atoms with Crippen LogP contribution in [0.1, 0.15) is 31.8 Å². The number of aryl methyl sites for hydroxylation is 1. The molecule has 2 amide bonds. The van der Waals surface area contributed by atoms with Gasteiger partial charge in [-0.15, -0.1) is 0 Å². The third-order valence-electron chi connectivity index (χ3n) is 5.78. The van der Waals surface area contributed by atoms with Crippen LogP contribution in [0.2, 0.25) is 5.02 Å². The van der Waals surface area contributed by atoms with Crippen LogP contribution in [-0.2, 0) is 6.42 Å². The Morgan fingerprint density at radius 3 is 2.64 bits per heavy atom. The fourth-order valence-corrected chi connectivity index (χ4v) is 4.32. The maximum Gasteiger partial charge on any atom is 0.259 e. The normalized spacial score (nSPS) is 12.5. The lowest BCUT2D eigenvalue weighted by Gasteiger charge is -2.23. The van der Waals surface area contributed by atoms with Gasteiger partial charge in [-0.05, 0) is 55.3 Å². The number of rotatable bonds is 3. The van der Waals surface area contributed by atoms with E-state index in [1.165, 1.54) is 0 Å². The highest BCUT2D eigenvalue weighted by Gasteiger charge is 2.28. The van der Waals surface area contributed by atoms with Crippen LogP contribution in [0.15, 0.2) is 77.4 Å². The molecule has 0 spiro atoms. The van der Waals surface area contributed by atoms with Gasteiger partial charge in [-0.3, -0.25) is 9.59 Å². The minimum absolute atomic E-state index is 0.220. The Morgan fingerprint density at radius 2 is 1.82 bits per heavy atom. The van der Waals surface area contributed by atoms with Gasteiger partial charge in [0, 0.05) is 28.9 Å². The van der Waals surface area contributed by atoms with E-state index in [9.17, 15) is 9.59 Å². The summed E-state index contributed by atoms with van der Waals surface area (Å²) in [5, 5.41) is 7.03. The van der Waals surface area contributed by atoms with Crippen molar-refractivity contribution in [3.05, 3.63) is 100 Å². The van der Waals surface area contributed by atoms with E-state index in [0.29, 0.717) is 35.5 Å². The minimum Gasteiger partial charge on any atom is -0.356 e. The predicted molar refractivity (Wildman–Crippen MR) is 128 cm³/mol. The standard InChI is InChI=1S/C26H20ClN3O3/c1-16-6-2-3-7-19(16)25(31)29-18-10-11-20(22(27)14-18)26(32)30-13-12-17-15-28-33-24(17)21-8-4-5-9-23(21)30/h2-11,14-15H,12-13H2,1H3,(H,29,31). The summed E-state index contributed by atoms with van der Waals surface area (Å²) < 4.78 is 5.46. The molecular weight excluding hydrogens is 438 g/mol. The number of amides is 2. The molecule has 6 nitrogen and oxygen atoms in total. The van der Waals surface area contributed by atoms with Crippen molar-refractivity contribution in [1.82, 2.24) is 5.16 Å². The summed E-state index contributed by atoms with van der Waals surface area (Å²) in [5.41, 5.74) is 4.85. The minimum atomic E-state index is -0.230. The molecule has 0 fully saturated rings. The Bertz CT molecular complexity index is 1380. The Kier molecular flexibility index (Phi) is 5.44. The summed E-state index contributed by atoms with van der Waals surface area (Å²) in [7, 11) is 0. The van der Waals surface area contributed by atoms with Gasteiger partial charge in [-0.1, -0.05) is 47.1 Å². The molecule has 1 aliphatic heterocycles. The molecule has 0 radical (unpaired) electrons. The second-order valence-electron chi connectivity index (χ2n) is 7.87. The number of carbonyl (C=O) groups excluding carboxylic acids is 2. The molecule has 3 aromatic carbocycles. The van der Waals surface area contributed by atoms with Crippen LogP contribution in [0.25, 0.3) is 11.3 Å². The van der Waals surface area contributed by atoms with Crippen LogP contribution in [0.3, 0.4) is 0 Å². The van der Waals surface area contributed by atoms with E-state index in [-0.39, 0.29) is 16.8 Å². The average Bonchev–Trinajstić information content (AvgIpc) is 3.22. The molecule has 0 atom stereocenters. The van der Waals surface area contributed by atoms with Gasteiger partial charge in [0.15, 0.2) is 5.76 Å². The number of nitrogens with zero attached hydrogens (tertiary/aromatic N) is 2. The van der Waals surface area contributed by atoms with Crippen LogP contribution in [-0.4, -0.2) is 23.5 Å². The lowest BCUT2D eigenvalue weighted by Crippen LogP contribution is -2.32. The molecule has 0 bridgehead atoms. The summed E-state index contributed by atoms with van der Waals surface area (Å²) in [6.45, 7) is 2.34. The number of benzene rings is 3. The molecule has 164 valence electrons. The van der Waals surface area contributed by atoms with Crippen LogP contribution >= 0.6 is 11.6 Å². The van der Waals surface area contributed by atoms with Crippen molar-refractivity contribution >= 4 is 34.8 Å². The monoisotopic (exact) mass is 457 g/mol. The predicted octanol–water partition coefficient (Wildman–Crippen LogP) is 5.76. The van der Waals surface area contributed by atoms with Gasteiger partial charge in [0.1, 0.15) is 0 Å². The summed E-state index contributed by atoms with van der Waals surface area (Å²) in [6, 6.07) is 19.9. The van der Waals surface area contributed by atoms with Crippen molar-refractivity contribution in [2.24, 2.45) is 0 Å². The summed E-state index contributed by atoms with van der Waals surface area (Å²) in [6.07, 6.45) is 2.31. The summed E-state index contributed by atoms with van der Waals surface area (Å²) in [5.74, 6) is 0.232. The lowest BCUT2D eigenvalue weighted by atomic mass is 10.1. The van der Waals surface area contributed by atoms with Crippen molar-refractivity contribution in [3.63, 3.8) is 0 Å². The molecule has 7 heteroatoms. The van der Waals surface area contributed by atoms with Crippen molar-refractivity contribution in [2.75, 3.05) is 16.8 Å². The second-order valence-corrected chi connectivity index (χ2v) is 8.27. The third kappa shape index (κ3) is 3.90. The van der Waals surface area contributed by atoms with Crippen LogP contribution < -0.4 is 10.2 Å². The van der Waals surface area contributed by atoms with Crippen LogP contribution in [0.5, 0.6) is 0 Å². The van der Waals surface area contributed by atoms with Gasteiger partial charge >= 0.3 is 0 Å². The molecule has 4 aromatic rings. The van der Waals surface area contributed by atoms with Crippen molar-refractivity contribution in [1.29, 1.82) is 0 Å². The molecule has 0 aliphatic carbocycles. The van der Waals surface area contributed by atoms with Gasteiger partial charge in [-0.25, -0.2) is 0 Å². The number of hydrogen-bond acceptors (Lipinski definition) is 4. The molecular formula is C26H20ClN3O3. The van der Waals surface area contributed by atoms with E-state index >= 15 is 0 Å². The number of carbonyl (C=O) groups is 2. The highest BCUT2D eigenvalue weighted by molar-refractivity contribution is 6.35. The number of halogens is 1. The van der Waals surface area contributed by atoms with E-state index in [1.807, 2.05) is 49.4 Å². The summed E-state index contributed by atoms with van der Waals surface area (Å²) in [4.78, 5) is 27.8. The third-order valence-corrected chi connectivity index (χ3v) is 6.09. The molecule has 1 aromatic heterocycles. The van der Waals surface area contributed by atoms with E-state index in [1.54, 1.807) is 35.4 Å². The van der Waals surface area contributed by atoms with Gasteiger partial charge in [0.05, 0.1) is 22.5 Å². The fraction of sp³-hybridized carbons (Fsp3) is 0.115. The van der Waals surface area contributed by atoms with Gasteiger partial charge < -0.3 is 14.7 Å². The molecule has 1 aliphatic rings.